The van der Waals surface area contributed by atoms with Crippen molar-refractivity contribution in [1.82, 2.24) is 4.90 Å². The molecule has 0 saturated carbocycles. The Labute approximate surface area is 142 Å². The maximum Gasteiger partial charge on any atom is 0.196 e. The van der Waals surface area contributed by atoms with Crippen LogP contribution in [0.1, 0.15) is 5.56 Å². The van der Waals surface area contributed by atoms with Crippen molar-refractivity contribution in [2.45, 2.75) is 6.42 Å². The van der Waals surface area contributed by atoms with Crippen molar-refractivity contribution in [1.29, 1.82) is 0 Å². The zero-order chi connectivity index (χ0) is 15.2. The van der Waals surface area contributed by atoms with E-state index in [-0.39, 0.29) is 0 Å². The summed E-state index contributed by atoms with van der Waals surface area (Å²) in [5.41, 5.74) is 8.18. The molecule has 2 N–H and O–H groups in total. The summed E-state index contributed by atoms with van der Waals surface area (Å²) in [6, 6.07) is 16.2. The molecule has 0 unspecified atom stereocenters. The standard InChI is InChI=1S/C16H17Br2N3/c1-21(10-9-12-5-3-2-4-6-12)16(19)20-15-11-13(17)7-8-14(15)18/h2-8,11H,9-10H2,1H3,(H2,19,20). The van der Waals surface area contributed by atoms with Gasteiger partial charge in [-0.1, -0.05) is 46.3 Å². The number of hydrogen-bond donors (Lipinski definition) is 1. The van der Waals surface area contributed by atoms with Gasteiger partial charge in [-0.05, 0) is 46.1 Å². The predicted molar refractivity (Wildman–Crippen MR) is 95.9 cm³/mol. The SMILES string of the molecule is CN(CCc1ccccc1)C(N)=Nc1cc(Br)ccc1Br. The van der Waals surface area contributed by atoms with Crippen LogP contribution in [0, 0.1) is 0 Å². The second kappa shape index (κ2) is 7.61. The van der Waals surface area contributed by atoms with E-state index in [1.54, 1.807) is 0 Å². The van der Waals surface area contributed by atoms with E-state index in [1.807, 2.05) is 48.3 Å². The van der Waals surface area contributed by atoms with Gasteiger partial charge in [0.2, 0.25) is 0 Å². The Morgan fingerprint density at radius 1 is 1.14 bits per heavy atom. The van der Waals surface area contributed by atoms with Crippen LogP contribution in [0.2, 0.25) is 0 Å². The molecule has 110 valence electrons. The van der Waals surface area contributed by atoms with E-state index < -0.39 is 0 Å². The number of halogens is 2. The van der Waals surface area contributed by atoms with E-state index in [0.29, 0.717) is 5.96 Å². The molecular weight excluding hydrogens is 394 g/mol. The Morgan fingerprint density at radius 2 is 1.86 bits per heavy atom. The van der Waals surface area contributed by atoms with Crippen LogP contribution in [0.4, 0.5) is 5.69 Å². The van der Waals surface area contributed by atoms with Gasteiger partial charge in [0.25, 0.3) is 0 Å². The summed E-state index contributed by atoms with van der Waals surface area (Å²) < 4.78 is 1.90. The third-order valence-electron chi connectivity index (χ3n) is 3.11. The Balaban J connectivity index is 2.03. The first kappa shape index (κ1) is 16.0. The molecule has 2 aromatic carbocycles. The van der Waals surface area contributed by atoms with Crippen LogP contribution in [-0.4, -0.2) is 24.5 Å². The Bertz CT molecular complexity index is 627. The zero-order valence-corrected chi connectivity index (χ0v) is 14.9. The molecule has 0 aliphatic heterocycles. The highest BCUT2D eigenvalue weighted by Gasteiger charge is 2.05. The predicted octanol–water partition coefficient (Wildman–Crippen LogP) is 4.33. The van der Waals surface area contributed by atoms with Gasteiger partial charge in [-0.15, -0.1) is 0 Å². The molecule has 3 nitrogen and oxygen atoms in total. The van der Waals surface area contributed by atoms with Crippen molar-refractivity contribution in [2.24, 2.45) is 10.7 Å². The summed E-state index contributed by atoms with van der Waals surface area (Å²) in [5, 5.41) is 0. The molecule has 2 aromatic rings. The topological polar surface area (TPSA) is 41.6 Å². The lowest BCUT2D eigenvalue weighted by Gasteiger charge is -2.18. The number of nitrogens with two attached hydrogens (primary N) is 1. The number of aliphatic imine (C=N–C) groups is 1. The summed E-state index contributed by atoms with van der Waals surface area (Å²) in [4.78, 5) is 6.43. The molecule has 0 bridgehead atoms. The third kappa shape index (κ3) is 4.86. The molecule has 0 atom stereocenters. The summed E-state index contributed by atoms with van der Waals surface area (Å²) in [5.74, 6) is 0.504. The van der Waals surface area contributed by atoms with Gasteiger partial charge in [-0.2, -0.15) is 0 Å². The van der Waals surface area contributed by atoms with Crippen LogP contribution in [0.25, 0.3) is 0 Å². The number of rotatable bonds is 4. The zero-order valence-electron chi connectivity index (χ0n) is 11.8. The highest BCUT2D eigenvalue weighted by Crippen LogP contribution is 2.28. The molecular formula is C16H17Br2N3. The Hall–Kier alpha value is -1.33. The van der Waals surface area contributed by atoms with Gasteiger partial charge in [-0.3, -0.25) is 0 Å². The molecule has 0 saturated heterocycles. The van der Waals surface area contributed by atoms with Gasteiger partial charge in [0.15, 0.2) is 5.96 Å². The Morgan fingerprint density at radius 3 is 2.57 bits per heavy atom. The summed E-state index contributed by atoms with van der Waals surface area (Å²) in [6.07, 6.45) is 0.938. The Kier molecular flexibility index (Phi) is 5.82. The first-order valence-corrected chi connectivity index (χ1v) is 8.19. The number of likely N-dealkylation sites (N-methyl/N-ethyl adjacent to an activating group) is 1. The van der Waals surface area contributed by atoms with E-state index in [1.165, 1.54) is 5.56 Å². The minimum atomic E-state index is 0.504. The quantitative estimate of drug-likeness (QED) is 0.601. The molecule has 0 heterocycles. The fourth-order valence-electron chi connectivity index (χ4n) is 1.84. The molecule has 5 heteroatoms. The maximum atomic E-state index is 6.07. The van der Waals surface area contributed by atoms with E-state index in [0.717, 1.165) is 27.6 Å². The lowest BCUT2D eigenvalue weighted by Crippen LogP contribution is -2.35. The minimum Gasteiger partial charge on any atom is -0.369 e. The average Bonchev–Trinajstić information content (AvgIpc) is 2.49. The van der Waals surface area contributed by atoms with E-state index in [4.69, 9.17) is 5.73 Å². The molecule has 0 amide bonds. The van der Waals surface area contributed by atoms with E-state index in [2.05, 4.69) is 49.0 Å². The molecule has 0 fully saturated rings. The number of hydrogen-bond acceptors (Lipinski definition) is 1. The summed E-state index contributed by atoms with van der Waals surface area (Å²) in [6.45, 7) is 0.824. The van der Waals surface area contributed by atoms with E-state index >= 15 is 0 Å². The highest BCUT2D eigenvalue weighted by molar-refractivity contribution is 9.11. The van der Waals surface area contributed by atoms with Crippen LogP contribution in [0.5, 0.6) is 0 Å². The molecule has 0 aromatic heterocycles. The van der Waals surface area contributed by atoms with Crippen molar-refractivity contribution >= 4 is 43.5 Å². The van der Waals surface area contributed by atoms with Gasteiger partial charge < -0.3 is 10.6 Å². The second-order valence-electron chi connectivity index (χ2n) is 4.72. The second-order valence-corrected chi connectivity index (χ2v) is 6.49. The molecule has 0 spiro atoms. The van der Waals surface area contributed by atoms with Crippen molar-refractivity contribution in [3.05, 3.63) is 63.0 Å². The number of guanidine groups is 1. The summed E-state index contributed by atoms with van der Waals surface area (Å²) in [7, 11) is 1.95. The summed E-state index contributed by atoms with van der Waals surface area (Å²) >= 11 is 6.92. The van der Waals surface area contributed by atoms with Crippen molar-refractivity contribution in [3.63, 3.8) is 0 Å². The van der Waals surface area contributed by atoms with Crippen LogP contribution in [-0.2, 0) is 6.42 Å². The molecule has 0 radical (unpaired) electrons. The van der Waals surface area contributed by atoms with Gasteiger partial charge >= 0.3 is 0 Å². The smallest absolute Gasteiger partial charge is 0.196 e. The molecule has 2 rings (SSSR count). The first-order valence-electron chi connectivity index (χ1n) is 6.60. The van der Waals surface area contributed by atoms with Crippen LogP contribution < -0.4 is 5.73 Å². The van der Waals surface area contributed by atoms with Gasteiger partial charge in [0, 0.05) is 22.5 Å². The van der Waals surface area contributed by atoms with Gasteiger partial charge in [0.05, 0.1) is 5.69 Å². The minimum absolute atomic E-state index is 0.504. The van der Waals surface area contributed by atoms with Crippen molar-refractivity contribution in [2.75, 3.05) is 13.6 Å². The fourth-order valence-corrected chi connectivity index (χ4v) is 2.52. The van der Waals surface area contributed by atoms with Crippen molar-refractivity contribution < 1.29 is 0 Å². The van der Waals surface area contributed by atoms with Crippen LogP contribution in [0.15, 0.2) is 62.5 Å². The van der Waals surface area contributed by atoms with Crippen molar-refractivity contribution in [3.8, 4) is 0 Å². The molecule has 0 aliphatic rings. The fraction of sp³-hybridized carbons (Fsp3) is 0.188. The monoisotopic (exact) mass is 409 g/mol. The average molecular weight is 411 g/mol. The van der Waals surface area contributed by atoms with E-state index in [9.17, 15) is 0 Å². The van der Waals surface area contributed by atoms with Crippen LogP contribution in [0.3, 0.4) is 0 Å². The third-order valence-corrected chi connectivity index (χ3v) is 4.28. The van der Waals surface area contributed by atoms with Gasteiger partial charge in [-0.25, -0.2) is 4.99 Å². The highest BCUT2D eigenvalue weighted by atomic mass is 79.9. The lowest BCUT2D eigenvalue weighted by atomic mass is 10.1. The number of nitrogens with zero attached hydrogens (tertiary/aromatic N) is 2. The normalized spacial score (nSPS) is 11.5. The lowest BCUT2D eigenvalue weighted by molar-refractivity contribution is 0.503. The molecule has 0 aliphatic carbocycles. The largest absolute Gasteiger partial charge is 0.369 e. The maximum absolute atomic E-state index is 6.07. The first-order chi connectivity index (χ1) is 10.1. The molecule has 21 heavy (non-hydrogen) atoms. The van der Waals surface area contributed by atoms with Gasteiger partial charge in [0.1, 0.15) is 0 Å². The number of benzene rings is 2. The van der Waals surface area contributed by atoms with Crippen LogP contribution >= 0.6 is 31.9 Å².